The summed E-state index contributed by atoms with van der Waals surface area (Å²) >= 11 is 0. The fourth-order valence-corrected chi connectivity index (χ4v) is 4.44. The molecular formula is C26H27F3N2O7. The van der Waals surface area contributed by atoms with Gasteiger partial charge < -0.3 is 18.9 Å². The van der Waals surface area contributed by atoms with Gasteiger partial charge in [-0.25, -0.2) is 5.01 Å². The Labute approximate surface area is 216 Å². The van der Waals surface area contributed by atoms with Crippen LogP contribution in [-0.4, -0.2) is 42.6 Å². The molecule has 1 aliphatic carbocycles. The third-order valence-corrected chi connectivity index (χ3v) is 6.30. The first kappa shape index (κ1) is 27.1. The van der Waals surface area contributed by atoms with Crippen molar-refractivity contribution in [1.29, 1.82) is 0 Å². The molecule has 38 heavy (non-hydrogen) atoms. The number of nitrogens with zero attached hydrogens (tertiary/aromatic N) is 1. The topological polar surface area (TPSA) is 103 Å². The average Bonchev–Trinajstić information content (AvgIpc) is 3.35. The molecule has 0 aromatic heterocycles. The second kappa shape index (κ2) is 11.6. The molecule has 2 aromatic carbocycles. The lowest BCUT2D eigenvalue weighted by Gasteiger charge is -2.30. The first-order valence-corrected chi connectivity index (χ1v) is 12.2. The number of alkyl halides is 3. The number of nitrogens with one attached hydrogen (secondary N) is 1. The molecule has 2 aliphatic rings. The van der Waals surface area contributed by atoms with Crippen LogP contribution >= 0.6 is 0 Å². The number of carbonyl (C=O) groups is 3. The highest BCUT2D eigenvalue weighted by atomic mass is 19.4. The van der Waals surface area contributed by atoms with Crippen molar-refractivity contribution in [3.8, 4) is 17.2 Å². The molecule has 1 saturated carbocycles. The van der Waals surface area contributed by atoms with E-state index in [0.717, 1.165) is 17.1 Å². The SMILES string of the molecule is CCOC(=O)C1CCC(C(=O)NN(Cc2ccc3c(c2)OCO3)C(=O)c2cccc(OC(F)(F)F)c2)CC1. The number of hydrogen-bond acceptors (Lipinski definition) is 7. The van der Waals surface area contributed by atoms with Crippen molar-refractivity contribution in [3.05, 3.63) is 53.6 Å². The maximum atomic E-state index is 13.4. The lowest BCUT2D eigenvalue weighted by atomic mass is 9.81. The predicted octanol–water partition coefficient (Wildman–Crippen LogP) is 4.36. The van der Waals surface area contributed by atoms with Gasteiger partial charge in [0, 0.05) is 11.5 Å². The van der Waals surface area contributed by atoms with Crippen LogP contribution in [0.15, 0.2) is 42.5 Å². The highest BCUT2D eigenvalue weighted by Crippen LogP contribution is 2.33. The van der Waals surface area contributed by atoms with Gasteiger partial charge in [-0.3, -0.25) is 19.8 Å². The summed E-state index contributed by atoms with van der Waals surface area (Å²) in [6.07, 6.45) is -3.12. The van der Waals surface area contributed by atoms with Gasteiger partial charge in [-0.05, 0) is 68.5 Å². The van der Waals surface area contributed by atoms with Crippen molar-refractivity contribution >= 4 is 17.8 Å². The maximum Gasteiger partial charge on any atom is 0.573 e. The van der Waals surface area contributed by atoms with E-state index < -0.39 is 29.8 Å². The van der Waals surface area contributed by atoms with Crippen LogP contribution in [0.1, 0.15) is 48.5 Å². The molecular weight excluding hydrogens is 509 g/mol. The van der Waals surface area contributed by atoms with Crippen LogP contribution in [0.25, 0.3) is 0 Å². The number of rotatable bonds is 7. The lowest BCUT2D eigenvalue weighted by molar-refractivity contribution is -0.274. The molecule has 0 saturated heterocycles. The van der Waals surface area contributed by atoms with E-state index in [0.29, 0.717) is 42.7 Å². The molecule has 12 heteroatoms. The number of esters is 1. The number of hydrogen-bond donors (Lipinski definition) is 1. The standard InChI is InChI=1S/C26H27F3N2O7/c1-2-35-25(34)18-9-7-17(8-10-18)23(32)30-31(14-16-6-11-21-22(12-16)37-15-36-21)24(33)19-4-3-5-20(13-19)38-26(27,28)29/h3-6,11-13,17-18H,2,7-10,14-15H2,1H3,(H,30,32). The number of hydrazine groups is 1. The van der Waals surface area contributed by atoms with Gasteiger partial charge in [0.15, 0.2) is 11.5 Å². The summed E-state index contributed by atoms with van der Waals surface area (Å²) in [4.78, 5) is 38.6. The highest BCUT2D eigenvalue weighted by molar-refractivity contribution is 5.96. The van der Waals surface area contributed by atoms with Gasteiger partial charge in [-0.15, -0.1) is 13.2 Å². The summed E-state index contributed by atoms with van der Waals surface area (Å²) in [6, 6.07) is 9.62. The Bertz CT molecular complexity index is 1180. The fourth-order valence-electron chi connectivity index (χ4n) is 4.44. The molecule has 2 amide bonds. The second-order valence-electron chi connectivity index (χ2n) is 8.93. The number of halogens is 3. The van der Waals surface area contributed by atoms with E-state index in [9.17, 15) is 27.6 Å². The van der Waals surface area contributed by atoms with Crippen molar-refractivity contribution < 1.29 is 46.5 Å². The largest absolute Gasteiger partial charge is 0.573 e. The van der Waals surface area contributed by atoms with Gasteiger partial charge in [0.25, 0.3) is 5.91 Å². The zero-order chi connectivity index (χ0) is 27.3. The summed E-state index contributed by atoms with van der Waals surface area (Å²) in [5.74, 6) is -1.73. The van der Waals surface area contributed by atoms with Gasteiger partial charge in [-0.2, -0.15) is 0 Å². The van der Waals surface area contributed by atoms with Gasteiger partial charge in [0.2, 0.25) is 12.7 Å². The van der Waals surface area contributed by atoms with Crippen LogP contribution in [0.3, 0.4) is 0 Å². The molecule has 204 valence electrons. The van der Waals surface area contributed by atoms with Crippen LogP contribution in [0.2, 0.25) is 0 Å². The molecule has 1 aliphatic heterocycles. The Hall–Kier alpha value is -3.96. The zero-order valence-corrected chi connectivity index (χ0v) is 20.6. The molecule has 0 spiro atoms. The lowest BCUT2D eigenvalue weighted by Crippen LogP contribution is -2.48. The first-order valence-electron chi connectivity index (χ1n) is 12.2. The molecule has 4 rings (SSSR count). The zero-order valence-electron chi connectivity index (χ0n) is 20.6. The fraction of sp³-hybridized carbons (Fsp3) is 0.423. The van der Waals surface area contributed by atoms with E-state index in [1.807, 2.05) is 0 Å². The molecule has 1 fully saturated rings. The molecule has 0 atom stereocenters. The van der Waals surface area contributed by atoms with Crippen LogP contribution in [0.4, 0.5) is 13.2 Å². The van der Waals surface area contributed by atoms with Crippen molar-refractivity contribution in [2.75, 3.05) is 13.4 Å². The smallest absolute Gasteiger partial charge is 0.466 e. The maximum absolute atomic E-state index is 13.4. The van der Waals surface area contributed by atoms with Crippen LogP contribution in [0, 0.1) is 11.8 Å². The van der Waals surface area contributed by atoms with E-state index in [4.69, 9.17) is 14.2 Å². The Kier molecular flexibility index (Phi) is 8.28. The van der Waals surface area contributed by atoms with Crippen molar-refractivity contribution in [2.24, 2.45) is 11.8 Å². The van der Waals surface area contributed by atoms with Gasteiger partial charge in [0.1, 0.15) is 5.75 Å². The van der Waals surface area contributed by atoms with Gasteiger partial charge in [-0.1, -0.05) is 12.1 Å². The Morgan fingerprint density at radius 3 is 2.42 bits per heavy atom. The number of carbonyl (C=O) groups excluding carboxylic acids is 3. The first-order chi connectivity index (χ1) is 18.1. The minimum absolute atomic E-state index is 0.0542. The van der Waals surface area contributed by atoms with Crippen molar-refractivity contribution in [1.82, 2.24) is 10.4 Å². The molecule has 2 aromatic rings. The minimum Gasteiger partial charge on any atom is -0.466 e. The van der Waals surface area contributed by atoms with Crippen molar-refractivity contribution in [2.45, 2.75) is 45.5 Å². The Balaban J connectivity index is 1.50. The summed E-state index contributed by atoms with van der Waals surface area (Å²) in [6.45, 7) is 1.97. The van der Waals surface area contributed by atoms with Crippen LogP contribution in [-0.2, 0) is 20.9 Å². The second-order valence-corrected chi connectivity index (χ2v) is 8.93. The van der Waals surface area contributed by atoms with E-state index >= 15 is 0 Å². The van der Waals surface area contributed by atoms with E-state index in [1.54, 1.807) is 25.1 Å². The number of fused-ring (bicyclic) bond motifs is 1. The summed E-state index contributed by atoms with van der Waals surface area (Å²) < 4.78 is 57.8. The molecule has 0 radical (unpaired) electrons. The summed E-state index contributed by atoms with van der Waals surface area (Å²) in [5.41, 5.74) is 3.11. The normalized spacial score (nSPS) is 18.4. The quantitative estimate of drug-likeness (QED) is 0.414. The number of benzene rings is 2. The van der Waals surface area contributed by atoms with E-state index in [2.05, 4.69) is 10.2 Å². The number of ether oxygens (including phenoxy) is 4. The molecule has 0 unspecified atom stereocenters. The third kappa shape index (κ3) is 6.87. The molecule has 0 bridgehead atoms. The highest BCUT2D eigenvalue weighted by Gasteiger charge is 2.33. The van der Waals surface area contributed by atoms with Gasteiger partial charge in [0.05, 0.1) is 19.1 Å². The summed E-state index contributed by atoms with van der Waals surface area (Å²) in [7, 11) is 0. The minimum atomic E-state index is -4.93. The molecule has 1 heterocycles. The van der Waals surface area contributed by atoms with Crippen LogP contribution in [0.5, 0.6) is 17.2 Å². The molecule has 1 N–H and O–H groups in total. The van der Waals surface area contributed by atoms with E-state index in [1.165, 1.54) is 12.1 Å². The molecule has 9 nitrogen and oxygen atoms in total. The third-order valence-electron chi connectivity index (χ3n) is 6.30. The number of amides is 2. The average molecular weight is 537 g/mol. The van der Waals surface area contributed by atoms with Gasteiger partial charge >= 0.3 is 12.3 Å². The predicted molar refractivity (Wildman–Crippen MR) is 126 cm³/mol. The Morgan fingerprint density at radius 1 is 1.00 bits per heavy atom. The Morgan fingerprint density at radius 2 is 1.71 bits per heavy atom. The van der Waals surface area contributed by atoms with Crippen LogP contribution < -0.4 is 19.6 Å². The summed E-state index contributed by atoms with van der Waals surface area (Å²) in [5, 5.41) is 1.05. The van der Waals surface area contributed by atoms with Crippen molar-refractivity contribution in [3.63, 3.8) is 0 Å². The monoisotopic (exact) mass is 536 g/mol. The van der Waals surface area contributed by atoms with E-state index in [-0.39, 0.29) is 37.4 Å².